The molecule has 3 heteroatoms. The summed E-state index contributed by atoms with van der Waals surface area (Å²) in [7, 11) is 0. The number of nitrogens with two attached hydrogens (primary N) is 1. The molecule has 0 saturated carbocycles. The first-order valence-corrected chi connectivity index (χ1v) is 4.80. The molecule has 0 amide bonds. The molecule has 66 valence electrons. The third kappa shape index (κ3) is 1.42. The number of nitrogen functional groups attached to an aromatic ring is 1. The van der Waals surface area contributed by atoms with Crippen LogP contribution in [0.15, 0.2) is 35.0 Å². The summed E-state index contributed by atoms with van der Waals surface area (Å²) in [4.78, 5) is 0. The number of hydrogen-bond donors (Lipinski definition) is 1. The number of anilines is 1. The summed E-state index contributed by atoms with van der Waals surface area (Å²) >= 11 is 1.54. The molecule has 13 heavy (non-hydrogen) atoms. The number of halogens is 1. The van der Waals surface area contributed by atoms with Crippen LogP contribution < -0.4 is 5.73 Å². The van der Waals surface area contributed by atoms with Crippen molar-refractivity contribution in [3.63, 3.8) is 0 Å². The minimum atomic E-state index is -0.332. The lowest BCUT2D eigenvalue weighted by Gasteiger charge is -2.02. The zero-order chi connectivity index (χ0) is 9.26. The van der Waals surface area contributed by atoms with E-state index < -0.39 is 0 Å². The fourth-order valence-electron chi connectivity index (χ4n) is 1.19. The van der Waals surface area contributed by atoms with Gasteiger partial charge in [-0.2, -0.15) is 11.3 Å². The highest BCUT2D eigenvalue weighted by Gasteiger charge is 2.06. The molecular formula is C10H8FNS. The highest BCUT2D eigenvalue weighted by molar-refractivity contribution is 7.08. The molecule has 0 unspecified atom stereocenters. The average Bonchev–Trinajstić information content (AvgIpc) is 2.62. The molecule has 0 spiro atoms. The maximum atomic E-state index is 13.4. The lowest BCUT2D eigenvalue weighted by molar-refractivity contribution is 0.636. The molecule has 0 fully saturated rings. The summed E-state index contributed by atoms with van der Waals surface area (Å²) in [6.45, 7) is 0. The van der Waals surface area contributed by atoms with Crippen molar-refractivity contribution < 1.29 is 4.39 Å². The van der Waals surface area contributed by atoms with Crippen molar-refractivity contribution >= 4 is 17.0 Å². The van der Waals surface area contributed by atoms with Crippen molar-refractivity contribution in [1.82, 2.24) is 0 Å². The van der Waals surface area contributed by atoms with Crippen LogP contribution in [0.2, 0.25) is 0 Å². The molecule has 0 aliphatic heterocycles. The maximum Gasteiger partial charge on any atom is 0.153 e. The molecule has 0 radical (unpaired) electrons. The van der Waals surface area contributed by atoms with Gasteiger partial charge in [0.05, 0.1) is 5.69 Å². The molecule has 2 N–H and O–H groups in total. The van der Waals surface area contributed by atoms with Crippen molar-refractivity contribution in [3.8, 4) is 11.1 Å². The zero-order valence-corrected chi connectivity index (χ0v) is 7.64. The summed E-state index contributed by atoms with van der Waals surface area (Å²) < 4.78 is 13.4. The lowest BCUT2D eigenvalue weighted by Crippen LogP contribution is -1.91. The van der Waals surface area contributed by atoms with Gasteiger partial charge in [-0.3, -0.25) is 0 Å². The Kier molecular flexibility index (Phi) is 2.02. The molecule has 1 aromatic heterocycles. The van der Waals surface area contributed by atoms with Gasteiger partial charge in [-0.05, 0) is 28.5 Å². The van der Waals surface area contributed by atoms with E-state index in [0.717, 1.165) is 5.56 Å². The second-order valence-corrected chi connectivity index (χ2v) is 3.50. The summed E-state index contributed by atoms with van der Waals surface area (Å²) in [5.74, 6) is -0.332. The molecule has 0 bridgehead atoms. The molecule has 1 nitrogen and oxygen atoms in total. The fourth-order valence-corrected chi connectivity index (χ4v) is 1.85. The van der Waals surface area contributed by atoms with Gasteiger partial charge in [0.2, 0.25) is 0 Å². The Labute approximate surface area is 79.6 Å². The molecule has 0 aliphatic carbocycles. The molecule has 1 heterocycles. The first kappa shape index (κ1) is 8.26. The van der Waals surface area contributed by atoms with Crippen molar-refractivity contribution in [1.29, 1.82) is 0 Å². The van der Waals surface area contributed by atoms with Crippen LogP contribution in [0.3, 0.4) is 0 Å². The molecule has 2 rings (SSSR count). The highest BCUT2D eigenvalue weighted by atomic mass is 32.1. The van der Waals surface area contributed by atoms with Gasteiger partial charge in [-0.1, -0.05) is 12.1 Å². The van der Waals surface area contributed by atoms with Gasteiger partial charge in [0.1, 0.15) is 0 Å². The van der Waals surface area contributed by atoms with Crippen LogP contribution in [0.25, 0.3) is 11.1 Å². The molecular weight excluding hydrogens is 185 g/mol. The number of benzene rings is 1. The van der Waals surface area contributed by atoms with Crippen LogP contribution in [0.4, 0.5) is 10.1 Å². The van der Waals surface area contributed by atoms with E-state index in [1.165, 1.54) is 0 Å². The van der Waals surface area contributed by atoms with E-state index in [1.807, 2.05) is 16.8 Å². The third-order valence-corrected chi connectivity index (χ3v) is 2.54. The Morgan fingerprint density at radius 3 is 2.77 bits per heavy atom. The second kappa shape index (κ2) is 3.18. The number of hydrogen-bond acceptors (Lipinski definition) is 2. The normalized spacial score (nSPS) is 10.2. The zero-order valence-electron chi connectivity index (χ0n) is 6.83. The SMILES string of the molecule is Nc1cccc(-c2ccsc2)c1F. The largest absolute Gasteiger partial charge is 0.396 e. The van der Waals surface area contributed by atoms with E-state index in [2.05, 4.69) is 0 Å². The molecule has 0 atom stereocenters. The third-order valence-electron chi connectivity index (χ3n) is 1.86. The molecule has 2 aromatic rings. The maximum absolute atomic E-state index is 13.4. The van der Waals surface area contributed by atoms with Crippen LogP contribution in [-0.4, -0.2) is 0 Å². The van der Waals surface area contributed by atoms with Crippen molar-refractivity contribution in [2.75, 3.05) is 5.73 Å². The van der Waals surface area contributed by atoms with Crippen LogP contribution in [0.1, 0.15) is 0 Å². The topological polar surface area (TPSA) is 26.0 Å². The van der Waals surface area contributed by atoms with Crippen LogP contribution in [0, 0.1) is 5.82 Å². The van der Waals surface area contributed by atoms with E-state index in [4.69, 9.17) is 5.73 Å². The first-order valence-electron chi connectivity index (χ1n) is 3.85. The van der Waals surface area contributed by atoms with Crippen molar-refractivity contribution in [2.24, 2.45) is 0 Å². The van der Waals surface area contributed by atoms with E-state index in [-0.39, 0.29) is 11.5 Å². The standard InChI is InChI=1S/C10H8FNS/c11-10-8(2-1-3-9(10)12)7-4-5-13-6-7/h1-6H,12H2. The lowest BCUT2D eigenvalue weighted by atomic mass is 10.1. The van der Waals surface area contributed by atoms with E-state index >= 15 is 0 Å². The van der Waals surface area contributed by atoms with Crippen LogP contribution in [-0.2, 0) is 0 Å². The Hall–Kier alpha value is -1.35. The first-order chi connectivity index (χ1) is 6.29. The predicted octanol–water partition coefficient (Wildman–Crippen LogP) is 3.14. The minimum absolute atomic E-state index is 0.198. The molecule has 1 aromatic carbocycles. The predicted molar refractivity (Wildman–Crippen MR) is 54.1 cm³/mol. The molecule has 0 saturated heterocycles. The van der Waals surface area contributed by atoms with Crippen LogP contribution in [0.5, 0.6) is 0 Å². The quantitative estimate of drug-likeness (QED) is 0.692. The van der Waals surface area contributed by atoms with Gasteiger partial charge < -0.3 is 5.73 Å². The smallest absolute Gasteiger partial charge is 0.153 e. The van der Waals surface area contributed by atoms with E-state index in [9.17, 15) is 4.39 Å². The van der Waals surface area contributed by atoms with Gasteiger partial charge in [0.25, 0.3) is 0 Å². The fraction of sp³-hybridized carbons (Fsp3) is 0. The summed E-state index contributed by atoms with van der Waals surface area (Å²) in [6, 6.07) is 6.92. The second-order valence-electron chi connectivity index (χ2n) is 2.72. The Balaban J connectivity index is 2.59. The van der Waals surface area contributed by atoms with Crippen molar-refractivity contribution in [2.45, 2.75) is 0 Å². The number of thiophene rings is 1. The van der Waals surface area contributed by atoms with Gasteiger partial charge in [-0.25, -0.2) is 4.39 Å². The van der Waals surface area contributed by atoms with Gasteiger partial charge in [0.15, 0.2) is 5.82 Å². The summed E-state index contributed by atoms with van der Waals surface area (Å²) in [5.41, 5.74) is 7.11. The van der Waals surface area contributed by atoms with E-state index in [0.29, 0.717) is 5.56 Å². The van der Waals surface area contributed by atoms with Gasteiger partial charge >= 0.3 is 0 Å². The monoisotopic (exact) mass is 193 g/mol. The average molecular weight is 193 g/mol. The van der Waals surface area contributed by atoms with Gasteiger partial charge in [0, 0.05) is 5.56 Å². The summed E-state index contributed by atoms with van der Waals surface area (Å²) in [5, 5.41) is 3.82. The van der Waals surface area contributed by atoms with E-state index in [1.54, 1.807) is 29.5 Å². The Morgan fingerprint density at radius 2 is 2.08 bits per heavy atom. The highest BCUT2D eigenvalue weighted by Crippen LogP contribution is 2.27. The minimum Gasteiger partial charge on any atom is -0.396 e. The van der Waals surface area contributed by atoms with Crippen molar-refractivity contribution in [3.05, 3.63) is 40.8 Å². The Bertz CT molecular complexity index is 409. The summed E-state index contributed by atoms with van der Waals surface area (Å²) in [6.07, 6.45) is 0. The van der Waals surface area contributed by atoms with Gasteiger partial charge in [-0.15, -0.1) is 0 Å². The van der Waals surface area contributed by atoms with Crippen LogP contribution >= 0.6 is 11.3 Å². The Morgan fingerprint density at radius 1 is 1.23 bits per heavy atom. The molecule has 0 aliphatic rings. The number of rotatable bonds is 1.